The van der Waals surface area contributed by atoms with E-state index in [0.717, 1.165) is 12.8 Å². The second-order valence-corrected chi connectivity index (χ2v) is 10.3. The number of amides is 5. The molecule has 246 valence electrons. The Morgan fingerprint density at radius 3 is 1.74 bits per heavy atom. The first kappa shape index (κ1) is 42.1. The number of unbranched alkanes of at least 4 members (excludes halogenated alkanes) is 2. The van der Waals surface area contributed by atoms with Crippen molar-refractivity contribution in [2.75, 3.05) is 26.7 Å². The van der Waals surface area contributed by atoms with Gasteiger partial charge in [-0.1, -0.05) is 13.8 Å². The summed E-state index contributed by atoms with van der Waals surface area (Å²) >= 11 is 0. The Hall–Kier alpha value is -3.04. The van der Waals surface area contributed by atoms with E-state index in [1.165, 1.54) is 0 Å². The number of hydrogen-bond donors (Lipinski definition) is 8. The lowest BCUT2D eigenvalue weighted by molar-refractivity contribution is -0.131. The molecule has 0 saturated carbocycles. The van der Waals surface area contributed by atoms with Gasteiger partial charge < -0.3 is 48.6 Å². The molecule has 0 aliphatic carbocycles. The van der Waals surface area contributed by atoms with Crippen LogP contribution in [0.4, 0.5) is 0 Å². The van der Waals surface area contributed by atoms with E-state index < -0.39 is 41.5 Å². The molecule has 0 heterocycles. The molecule has 5 amide bonds. The highest BCUT2D eigenvalue weighted by atomic mass is 16.2. The van der Waals surface area contributed by atoms with Crippen LogP contribution in [0.25, 0.3) is 0 Å². The van der Waals surface area contributed by atoms with E-state index in [9.17, 15) is 28.8 Å². The number of carbonyl (C=O) groups is 6. The van der Waals surface area contributed by atoms with Crippen molar-refractivity contribution in [1.29, 1.82) is 0 Å². The highest BCUT2D eigenvalue weighted by Crippen LogP contribution is 2.07. The molecule has 0 aromatic heterocycles. The van der Waals surface area contributed by atoms with Crippen molar-refractivity contribution in [3.8, 4) is 0 Å². The molecule has 0 rings (SSSR count). The van der Waals surface area contributed by atoms with Gasteiger partial charge in [0.2, 0.25) is 29.5 Å². The molecule has 2 radical (unpaired) electrons. The van der Waals surface area contributed by atoms with Crippen LogP contribution in [0.5, 0.6) is 0 Å². The number of carbonyl (C=O) groups excluding carboxylic acids is 6. The third kappa shape index (κ3) is 23.1. The van der Waals surface area contributed by atoms with Crippen LogP contribution in [0.15, 0.2) is 0 Å². The zero-order chi connectivity index (χ0) is 33.2. The maximum atomic E-state index is 13.1. The average Bonchev–Trinajstić information content (AvgIpc) is 2.95. The molecule has 0 fully saturated rings. The average molecular weight is 611 g/mol. The second kappa shape index (κ2) is 26.6. The zero-order valence-electron chi connectivity index (χ0n) is 26.5. The van der Waals surface area contributed by atoms with E-state index in [1.807, 2.05) is 13.8 Å². The first-order chi connectivity index (χ1) is 20.3. The normalized spacial score (nSPS) is 13.3. The summed E-state index contributed by atoms with van der Waals surface area (Å²) in [4.78, 5) is 71.0. The second-order valence-electron chi connectivity index (χ2n) is 10.3. The summed E-state index contributed by atoms with van der Waals surface area (Å²) in [6.45, 7) is 7.02. The van der Waals surface area contributed by atoms with Gasteiger partial charge in [-0.15, -0.1) is 0 Å². The van der Waals surface area contributed by atoms with Gasteiger partial charge in [0.1, 0.15) is 6.04 Å². The van der Waals surface area contributed by atoms with Crippen molar-refractivity contribution < 1.29 is 28.8 Å². The third-order valence-electron chi connectivity index (χ3n) is 6.42. The molecule has 0 aliphatic rings. The number of primary amides is 2. The van der Waals surface area contributed by atoms with Crippen molar-refractivity contribution >= 4 is 43.1 Å². The molecule has 0 saturated heterocycles. The van der Waals surface area contributed by atoms with Crippen molar-refractivity contribution in [3.63, 3.8) is 0 Å². The predicted octanol–water partition coefficient (Wildman–Crippen LogP) is -1.42. The molecule has 14 nitrogen and oxygen atoms in total. The molecule has 11 N–H and O–H groups in total. The molecule has 4 atom stereocenters. The third-order valence-corrected chi connectivity index (χ3v) is 6.42. The summed E-state index contributed by atoms with van der Waals surface area (Å²) in [5.74, 6) is -1.84. The number of likely N-dealkylation sites (N-methyl/N-ethyl adjacent to an activating group) is 1. The van der Waals surface area contributed by atoms with Crippen LogP contribution in [0, 0.1) is 0 Å². The molecule has 0 aromatic rings. The number of nitrogens with two attached hydrogens (primary N) is 3. The van der Waals surface area contributed by atoms with Gasteiger partial charge in [-0.25, -0.2) is 0 Å². The SMILES string of the molecule is CCCC(N)=O.[B]C(=O)[C@H](CCCCN)NC(=O)[C@H](CCCCNC(=O)[C@H](C)NC)NC(=O)[C@H](CCC(N)=O)NCCC. The van der Waals surface area contributed by atoms with E-state index >= 15 is 0 Å². The monoisotopic (exact) mass is 610 g/mol. The van der Waals surface area contributed by atoms with Crippen molar-refractivity contribution in [2.45, 2.75) is 116 Å². The largest absolute Gasteiger partial charge is 0.370 e. The predicted molar refractivity (Wildman–Crippen MR) is 168 cm³/mol. The van der Waals surface area contributed by atoms with Crippen LogP contribution in [-0.4, -0.2) is 93.9 Å². The Morgan fingerprint density at radius 1 is 0.698 bits per heavy atom. The fourth-order valence-corrected chi connectivity index (χ4v) is 3.74. The topological polar surface area (TPSA) is 241 Å². The van der Waals surface area contributed by atoms with Gasteiger partial charge in [-0.05, 0) is 84.8 Å². The van der Waals surface area contributed by atoms with Crippen molar-refractivity contribution in [3.05, 3.63) is 0 Å². The van der Waals surface area contributed by atoms with Gasteiger partial charge in [0.15, 0.2) is 7.85 Å². The van der Waals surface area contributed by atoms with E-state index in [1.54, 1.807) is 14.0 Å². The fourth-order valence-electron chi connectivity index (χ4n) is 3.74. The summed E-state index contributed by atoms with van der Waals surface area (Å²) in [5, 5.41) is 14.1. The fraction of sp³-hybridized carbons (Fsp3) is 0.786. The van der Waals surface area contributed by atoms with Crippen LogP contribution in [-0.2, 0) is 28.8 Å². The first-order valence-electron chi connectivity index (χ1n) is 15.2. The summed E-state index contributed by atoms with van der Waals surface area (Å²) < 4.78 is 0. The van der Waals surface area contributed by atoms with E-state index in [4.69, 9.17) is 25.0 Å². The minimum atomic E-state index is -0.935. The molecule has 0 aliphatic heterocycles. The van der Waals surface area contributed by atoms with Crippen LogP contribution >= 0.6 is 0 Å². The van der Waals surface area contributed by atoms with Gasteiger partial charge in [-0.2, -0.15) is 0 Å². The smallest absolute Gasteiger partial charge is 0.243 e. The quantitative estimate of drug-likeness (QED) is 0.0472. The first-order valence-corrected chi connectivity index (χ1v) is 15.2. The maximum absolute atomic E-state index is 13.1. The number of nitrogens with one attached hydrogen (secondary N) is 5. The van der Waals surface area contributed by atoms with Gasteiger partial charge in [0.25, 0.3) is 0 Å². The summed E-state index contributed by atoms with van der Waals surface area (Å²) in [6, 6.07) is -2.85. The molecule has 43 heavy (non-hydrogen) atoms. The lowest BCUT2D eigenvalue weighted by atomic mass is 9.91. The van der Waals surface area contributed by atoms with E-state index in [0.29, 0.717) is 58.2 Å². The molecule has 0 aromatic carbocycles. The maximum Gasteiger partial charge on any atom is 0.243 e. The number of hydrogen-bond acceptors (Lipinski definition) is 9. The van der Waals surface area contributed by atoms with Crippen LogP contribution in [0.3, 0.4) is 0 Å². The molecular weight excluding hydrogens is 555 g/mol. The van der Waals surface area contributed by atoms with Gasteiger partial charge in [0, 0.05) is 19.4 Å². The minimum absolute atomic E-state index is 0.0152. The van der Waals surface area contributed by atoms with Crippen molar-refractivity contribution in [1.82, 2.24) is 26.6 Å². The molecular formula is C28H55BN8O6. The van der Waals surface area contributed by atoms with Gasteiger partial charge in [-0.3, -0.25) is 24.0 Å². The summed E-state index contributed by atoms with van der Waals surface area (Å²) in [6.07, 6.45) is 5.36. The Balaban J connectivity index is 0. The standard InChI is InChI=1S/C24H46BN7O5.C4H9NO/c1-4-14-29-18(11-12-20(27)33)23(36)32-19(10-6-8-15-30-22(35)16(2)28-3)24(37)31-17(21(25)34)9-5-7-13-26;1-2-3-4(5)6/h16-19,28-29H,4-15,26H2,1-3H3,(H2,27,33)(H,30,35)(H,31,37)(H,32,36);2-3H2,1H3,(H2,5,6)/t16-,17-,18-,19-;/m0./s1. The highest BCUT2D eigenvalue weighted by molar-refractivity contribution is 6.59. The summed E-state index contributed by atoms with van der Waals surface area (Å²) in [7, 11) is 7.16. The number of rotatable bonds is 24. The lowest BCUT2D eigenvalue weighted by Crippen LogP contribution is -2.55. The van der Waals surface area contributed by atoms with Crippen LogP contribution in [0.2, 0.25) is 0 Å². The molecule has 0 bridgehead atoms. The Bertz CT molecular complexity index is 848. The minimum Gasteiger partial charge on any atom is -0.370 e. The summed E-state index contributed by atoms with van der Waals surface area (Å²) in [5.41, 5.74) is 14.9. The van der Waals surface area contributed by atoms with Crippen molar-refractivity contribution in [2.24, 2.45) is 17.2 Å². The lowest BCUT2D eigenvalue weighted by Gasteiger charge is -2.25. The van der Waals surface area contributed by atoms with E-state index in [2.05, 4.69) is 26.6 Å². The van der Waals surface area contributed by atoms with Crippen LogP contribution in [0.1, 0.15) is 91.4 Å². The zero-order valence-corrected chi connectivity index (χ0v) is 26.5. The molecule has 15 heteroatoms. The molecule has 0 spiro atoms. The Morgan fingerprint density at radius 2 is 1.26 bits per heavy atom. The van der Waals surface area contributed by atoms with E-state index in [-0.39, 0.29) is 37.1 Å². The molecule has 0 unspecified atom stereocenters. The highest BCUT2D eigenvalue weighted by Gasteiger charge is 2.27. The van der Waals surface area contributed by atoms with Gasteiger partial charge >= 0.3 is 0 Å². The Kier molecular flexibility index (Phi) is 26.0. The van der Waals surface area contributed by atoms with Gasteiger partial charge in [0.05, 0.1) is 23.8 Å². The Labute approximate surface area is 257 Å². The van der Waals surface area contributed by atoms with Crippen LogP contribution < -0.4 is 43.8 Å².